The molecule has 0 radical (unpaired) electrons. The van der Waals surface area contributed by atoms with Crippen molar-refractivity contribution < 1.29 is 0 Å². The van der Waals surface area contributed by atoms with Crippen molar-refractivity contribution in [2.24, 2.45) is 0 Å². The molecule has 2 heteroatoms. The van der Waals surface area contributed by atoms with Crippen LogP contribution in [0.25, 0.3) is 9.75 Å². The van der Waals surface area contributed by atoms with Crippen LogP contribution in [0.4, 0.5) is 0 Å². The van der Waals surface area contributed by atoms with Gasteiger partial charge in [0, 0.05) is 19.5 Å². The summed E-state index contributed by atoms with van der Waals surface area (Å²) >= 11 is 3.99. The van der Waals surface area contributed by atoms with E-state index in [4.69, 9.17) is 0 Å². The molecule has 0 nitrogen and oxygen atoms in total. The summed E-state index contributed by atoms with van der Waals surface area (Å²) in [6.45, 7) is 13.9. The van der Waals surface area contributed by atoms with Crippen LogP contribution in [-0.4, -0.2) is 0 Å². The molecule has 2 aromatic heterocycles. The molecule has 0 spiro atoms. The Bertz CT molecular complexity index is 639. The number of aryl methyl sites for hydroxylation is 2. The molecule has 18 heavy (non-hydrogen) atoms. The van der Waals surface area contributed by atoms with E-state index in [1.54, 1.807) is 20.9 Å². The van der Waals surface area contributed by atoms with E-state index in [2.05, 4.69) is 41.5 Å². The zero-order valence-corrected chi connectivity index (χ0v) is 13.7. The lowest BCUT2D eigenvalue weighted by Crippen LogP contribution is -2.25. The fourth-order valence-corrected chi connectivity index (χ4v) is 5.89. The van der Waals surface area contributed by atoms with Gasteiger partial charge in [0.05, 0.1) is 0 Å². The van der Waals surface area contributed by atoms with E-state index in [1.807, 2.05) is 22.7 Å². The van der Waals surface area contributed by atoms with Gasteiger partial charge in [0.15, 0.2) is 0 Å². The Kier molecular flexibility index (Phi) is 2.56. The van der Waals surface area contributed by atoms with Crippen LogP contribution in [0.5, 0.6) is 0 Å². The second-order valence-electron chi connectivity index (χ2n) is 6.14. The third-order valence-electron chi connectivity index (χ3n) is 4.40. The maximum atomic E-state index is 2.40. The minimum atomic E-state index is 0.287. The molecule has 0 aromatic carbocycles. The molecule has 1 aliphatic carbocycles. The van der Waals surface area contributed by atoms with Crippen molar-refractivity contribution in [1.29, 1.82) is 0 Å². The molecule has 0 N–H and O–H groups in total. The minimum Gasteiger partial charge on any atom is -0.139 e. The van der Waals surface area contributed by atoms with Gasteiger partial charge in [-0.1, -0.05) is 13.8 Å². The molecule has 2 heterocycles. The van der Waals surface area contributed by atoms with E-state index in [9.17, 15) is 0 Å². The van der Waals surface area contributed by atoms with Gasteiger partial charge in [0.2, 0.25) is 0 Å². The van der Waals surface area contributed by atoms with Crippen molar-refractivity contribution in [3.8, 4) is 9.75 Å². The zero-order chi connectivity index (χ0) is 13.2. The lowest BCUT2D eigenvalue weighted by molar-refractivity contribution is 0.516. The second-order valence-corrected chi connectivity index (χ2v) is 8.59. The van der Waals surface area contributed by atoms with Crippen molar-refractivity contribution in [3.63, 3.8) is 0 Å². The summed E-state index contributed by atoms with van der Waals surface area (Å²) in [5.41, 5.74) is 6.55. The first kappa shape index (κ1) is 12.4. The van der Waals surface area contributed by atoms with E-state index in [-0.39, 0.29) is 5.41 Å². The van der Waals surface area contributed by atoms with Crippen molar-refractivity contribution >= 4 is 22.7 Å². The molecule has 3 rings (SSSR count). The van der Waals surface area contributed by atoms with E-state index < -0.39 is 0 Å². The van der Waals surface area contributed by atoms with Gasteiger partial charge in [-0.25, -0.2) is 0 Å². The summed E-state index contributed by atoms with van der Waals surface area (Å²) in [5.74, 6) is 0. The van der Waals surface area contributed by atoms with Gasteiger partial charge < -0.3 is 0 Å². The highest BCUT2D eigenvalue weighted by Crippen LogP contribution is 2.53. The molecular weight excluding hydrogens is 256 g/mol. The van der Waals surface area contributed by atoms with Gasteiger partial charge in [0.25, 0.3) is 0 Å². The second kappa shape index (κ2) is 3.71. The summed E-state index contributed by atoms with van der Waals surface area (Å²) in [6.07, 6.45) is 1.20. The standard InChI is InChI=1S/C16H20S2/c1-8-10(3)17-14-12(8)7-16(5,6)13-9(2)11(4)18-15(13)14/h7H2,1-6H3. The smallest absolute Gasteiger partial charge is 0.0488 e. The van der Waals surface area contributed by atoms with Gasteiger partial charge in [-0.15, -0.1) is 22.7 Å². The van der Waals surface area contributed by atoms with E-state index >= 15 is 0 Å². The summed E-state index contributed by atoms with van der Waals surface area (Å²) < 4.78 is 0. The van der Waals surface area contributed by atoms with Crippen molar-refractivity contribution in [3.05, 3.63) is 32.0 Å². The Morgan fingerprint density at radius 2 is 1.39 bits per heavy atom. The molecule has 1 aliphatic rings. The van der Waals surface area contributed by atoms with Gasteiger partial charge in [-0.3, -0.25) is 0 Å². The lowest BCUT2D eigenvalue weighted by Gasteiger charge is -2.31. The number of hydrogen-bond donors (Lipinski definition) is 0. The van der Waals surface area contributed by atoms with Gasteiger partial charge in [0.1, 0.15) is 0 Å². The molecule has 0 aliphatic heterocycles. The summed E-state index contributed by atoms with van der Waals surface area (Å²) in [6, 6.07) is 0. The summed E-state index contributed by atoms with van der Waals surface area (Å²) in [7, 11) is 0. The molecule has 0 saturated heterocycles. The predicted octanol–water partition coefficient (Wildman–Crippen LogP) is 5.54. The molecule has 96 valence electrons. The van der Waals surface area contributed by atoms with E-state index in [1.165, 1.54) is 27.3 Å². The van der Waals surface area contributed by atoms with Crippen LogP contribution in [0.2, 0.25) is 0 Å². The Hall–Kier alpha value is -0.600. The number of hydrogen-bond acceptors (Lipinski definition) is 2. The first-order chi connectivity index (χ1) is 8.33. The molecule has 0 unspecified atom stereocenters. The minimum absolute atomic E-state index is 0.287. The quantitative estimate of drug-likeness (QED) is 0.592. The molecular formula is C16H20S2. The highest BCUT2D eigenvalue weighted by Gasteiger charge is 2.36. The third-order valence-corrected chi connectivity index (χ3v) is 7.02. The van der Waals surface area contributed by atoms with Crippen molar-refractivity contribution in [2.45, 2.75) is 53.4 Å². The van der Waals surface area contributed by atoms with Gasteiger partial charge in [-0.2, -0.15) is 0 Å². The lowest BCUT2D eigenvalue weighted by atomic mass is 9.73. The SMILES string of the molecule is Cc1sc2c(c1C)CC(C)(C)c1c-2sc(C)c1C. The Morgan fingerprint density at radius 1 is 0.833 bits per heavy atom. The first-order valence-corrected chi connectivity index (χ1v) is 8.16. The third kappa shape index (κ3) is 1.48. The molecule has 0 bridgehead atoms. The average molecular weight is 276 g/mol. The summed E-state index contributed by atoms with van der Waals surface area (Å²) in [5, 5.41) is 0. The Labute approximate surface area is 118 Å². The van der Waals surface area contributed by atoms with Crippen molar-refractivity contribution in [2.75, 3.05) is 0 Å². The van der Waals surface area contributed by atoms with Gasteiger partial charge in [-0.05, 0) is 61.8 Å². The molecule has 0 amide bonds. The van der Waals surface area contributed by atoms with Crippen LogP contribution in [-0.2, 0) is 11.8 Å². The van der Waals surface area contributed by atoms with E-state index in [0.29, 0.717) is 0 Å². The van der Waals surface area contributed by atoms with Crippen LogP contribution in [0.15, 0.2) is 0 Å². The topological polar surface area (TPSA) is 0 Å². The Balaban J connectivity index is 2.39. The fourth-order valence-electron chi connectivity index (χ4n) is 3.20. The van der Waals surface area contributed by atoms with Gasteiger partial charge >= 0.3 is 0 Å². The molecule has 0 atom stereocenters. The maximum absolute atomic E-state index is 2.40. The van der Waals surface area contributed by atoms with Crippen LogP contribution < -0.4 is 0 Å². The van der Waals surface area contributed by atoms with Crippen LogP contribution in [0.3, 0.4) is 0 Å². The largest absolute Gasteiger partial charge is 0.139 e. The van der Waals surface area contributed by atoms with Crippen LogP contribution in [0.1, 0.15) is 45.9 Å². The number of rotatable bonds is 0. The average Bonchev–Trinajstić information content (AvgIpc) is 2.71. The molecule has 0 saturated carbocycles. The maximum Gasteiger partial charge on any atom is 0.0488 e. The normalized spacial score (nSPS) is 16.6. The highest BCUT2D eigenvalue weighted by molar-refractivity contribution is 7.22. The number of fused-ring (bicyclic) bond motifs is 3. The van der Waals surface area contributed by atoms with E-state index in [0.717, 1.165) is 0 Å². The zero-order valence-electron chi connectivity index (χ0n) is 12.0. The molecule has 0 fully saturated rings. The highest BCUT2D eigenvalue weighted by atomic mass is 32.1. The Morgan fingerprint density at radius 3 is 2.06 bits per heavy atom. The van der Waals surface area contributed by atoms with Crippen LogP contribution in [0, 0.1) is 27.7 Å². The number of thiophene rings is 2. The van der Waals surface area contributed by atoms with Crippen LogP contribution >= 0.6 is 22.7 Å². The fraction of sp³-hybridized carbons (Fsp3) is 0.500. The summed E-state index contributed by atoms with van der Waals surface area (Å²) in [4.78, 5) is 6.09. The predicted molar refractivity (Wildman–Crippen MR) is 83.3 cm³/mol. The van der Waals surface area contributed by atoms with Crippen molar-refractivity contribution in [1.82, 2.24) is 0 Å². The first-order valence-electron chi connectivity index (χ1n) is 6.52. The molecule has 2 aromatic rings. The monoisotopic (exact) mass is 276 g/mol.